The van der Waals surface area contributed by atoms with Crippen molar-refractivity contribution in [3.05, 3.63) is 42.5 Å². The van der Waals surface area contributed by atoms with Crippen molar-refractivity contribution in [2.45, 2.75) is 19.9 Å². The summed E-state index contributed by atoms with van der Waals surface area (Å²) in [5, 5.41) is 2.61. The van der Waals surface area contributed by atoms with E-state index < -0.39 is 16.1 Å². The van der Waals surface area contributed by atoms with Crippen molar-refractivity contribution in [3.63, 3.8) is 0 Å². The second kappa shape index (κ2) is 6.56. The SMILES string of the molecule is C=CCNC(=O)[C@H](C)N(c1cccc(C)c1)S(C)(=O)=O. The van der Waals surface area contributed by atoms with Gasteiger partial charge in [0.25, 0.3) is 0 Å². The van der Waals surface area contributed by atoms with E-state index in [0.29, 0.717) is 12.2 Å². The summed E-state index contributed by atoms with van der Waals surface area (Å²) >= 11 is 0. The molecule has 0 fully saturated rings. The summed E-state index contributed by atoms with van der Waals surface area (Å²) in [6, 6.07) is 6.21. The summed E-state index contributed by atoms with van der Waals surface area (Å²) < 4.78 is 25.1. The number of benzene rings is 1. The molecule has 0 bridgehead atoms. The van der Waals surface area contributed by atoms with Gasteiger partial charge in [-0.15, -0.1) is 6.58 Å². The fraction of sp³-hybridized carbons (Fsp3) is 0.357. The molecule has 1 amide bonds. The summed E-state index contributed by atoms with van der Waals surface area (Å²) in [6.07, 6.45) is 2.63. The number of hydrogen-bond acceptors (Lipinski definition) is 3. The largest absolute Gasteiger partial charge is 0.351 e. The van der Waals surface area contributed by atoms with Crippen LogP contribution in [0.1, 0.15) is 12.5 Å². The molecule has 0 heterocycles. The first-order valence-electron chi connectivity index (χ1n) is 6.22. The summed E-state index contributed by atoms with van der Waals surface area (Å²) in [7, 11) is -3.56. The predicted octanol–water partition coefficient (Wildman–Crippen LogP) is 1.45. The van der Waals surface area contributed by atoms with Gasteiger partial charge in [0.05, 0.1) is 11.9 Å². The molecule has 1 aromatic rings. The molecule has 0 unspecified atom stereocenters. The fourth-order valence-corrected chi connectivity index (χ4v) is 3.06. The highest BCUT2D eigenvalue weighted by Gasteiger charge is 2.28. The maximum atomic E-state index is 12.0. The van der Waals surface area contributed by atoms with Crippen LogP contribution in [0, 0.1) is 6.92 Å². The second-order valence-electron chi connectivity index (χ2n) is 4.61. The zero-order valence-corrected chi connectivity index (χ0v) is 12.8. The van der Waals surface area contributed by atoms with Crippen LogP contribution in [0.25, 0.3) is 0 Å². The van der Waals surface area contributed by atoms with Gasteiger partial charge in [-0.05, 0) is 31.5 Å². The fourth-order valence-electron chi connectivity index (χ4n) is 1.89. The van der Waals surface area contributed by atoms with Crippen LogP contribution in [0.15, 0.2) is 36.9 Å². The van der Waals surface area contributed by atoms with Crippen LogP contribution in [0.3, 0.4) is 0 Å². The molecule has 0 aromatic heterocycles. The van der Waals surface area contributed by atoms with Gasteiger partial charge in [-0.25, -0.2) is 8.42 Å². The Bertz CT molecular complexity index is 596. The number of carbonyl (C=O) groups excluding carboxylic acids is 1. The van der Waals surface area contributed by atoms with Crippen LogP contribution in [0.5, 0.6) is 0 Å². The van der Waals surface area contributed by atoms with E-state index in [0.717, 1.165) is 16.1 Å². The minimum Gasteiger partial charge on any atom is -0.351 e. The van der Waals surface area contributed by atoms with Crippen LogP contribution in [-0.4, -0.2) is 33.2 Å². The Morgan fingerprint density at radius 1 is 1.50 bits per heavy atom. The summed E-state index contributed by atoms with van der Waals surface area (Å²) in [5.41, 5.74) is 1.41. The van der Waals surface area contributed by atoms with Crippen molar-refractivity contribution >= 4 is 21.6 Å². The molecule has 0 saturated carbocycles. The number of amides is 1. The van der Waals surface area contributed by atoms with Gasteiger partial charge in [0.1, 0.15) is 6.04 Å². The van der Waals surface area contributed by atoms with Crippen LogP contribution in [0.2, 0.25) is 0 Å². The second-order valence-corrected chi connectivity index (χ2v) is 6.47. The third-order valence-corrected chi connectivity index (χ3v) is 4.01. The standard InChI is InChI=1S/C14H20N2O3S/c1-5-9-15-14(17)12(3)16(20(4,18)19)13-8-6-7-11(2)10-13/h5-8,10,12H,1,9H2,2-4H3,(H,15,17)/t12-/m0/s1. The lowest BCUT2D eigenvalue weighted by molar-refractivity contribution is -0.121. The quantitative estimate of drug-likeness (QED) is 0.808. The highest BCUT2D eigenvalue weighted by molar-refractivity contribution is 7.92. The van der Waals surface area contributed by atoms with Crippen LogP contribution in [-0.2, 0) is 14.8 Å². The normalized spacial score (nSPS) is 12.6. The van der Waals surface area contributed by atoms with Crippen molar-refractivity contribution in [3.8, 4) is 0 Å². The molecular weight excluding hydrogens is 276 g/mol. The highest BCUT2D eigenvalue weighted by atomic mass is 32.2. The Balaban J connectivity index is 3.14. The average Bonchev–Trinajstić information content (AvgIpc) is 2.34. The Hall–Kier alpha value is -1.82. The first-order valence-corrected chi connectivity index (χ1v) is 8.07. The van der Waals surface area contributed by atoms with Crippen molar-refractivity contribution in [2.75, 3.05) is 17.1 Å². The molecule has 5 nitrogen and oxygen atoms in total. The van der Waals surface area contributed by atoms with Gasteiger partial charge >= 0.3 is 0 Å². The van der Waals surface area contributed by atoms with Crippen molar-refractivity contribution < 1.29 is 13.2 Å². The number of nitrogens with one attached hydrogen (secondary N) is 1. The Morgan fingerprint density at radius 2 is 2.15 bits per heavy atom. The van der Waals surface area contributed by atoms with E-state index in [1.165, 1.54) is 0 Å². The van der Waals surface area contributed by atoms with Crippen molar-refractivity contribution in [2.24, 2.45) is 0 Å². The topological polar surface area (TPSA) is 66.5 Å². The van der Waals surface area contributed by atoms with E-state index in [4.69, 9.17) is 0 Å². The highest BCUT2D eigenvalue weighted by Crippen LogP contribution is 2.21. The summed E-state index contributed by atoms with van der Waals surface area (Å²) in [6.45, 7) is 7.23. The number of sulfonamides is 1. The monoisotopic (exact) mass is 296 g/mol. The van der Waals surface area contributed by atoms with Crippen LogP contribution < -0.4 is 9.62 Å². The number of nitrogens with zero attached hydrogens (tertiary/aromatic N) is 1. The maximum Gasteiger partial charge on any atom is 0.243 e. The minimum absolute atomic E-state index is 0.300. The van der Waals surface area contributed by atoms with Gasteiger partial charge in [-0.2, -0.15) is 0 Å². The van der Waals surface area contributed by atoms with Gasteiger partial charge in [-0.1, -0.05) is 18.2 Å². The lowest BCUT2D eigenvalue weighted by Crippen LogP contribution is -2.47. The maximum absolute atomic E-state index is 12.0. The van der Waals surface area contributed by atoms with E-state index in [2.05, 4.69) is 11.9 Å². The number of carbonyl (C=O) groups is 1. The number of anilines is 1. The number of aryl methyl sites for hydroxylation is 1. The Morgan fingerprint density at radius 3 is 2.65 bits per heavy atom. The number of hydrogen-bond donors (Lipinski definition) is 1. The molecule has 0 saturated heterocycles. The molecule has 1 N–H and O–H groups in total. The molecule has 20 heavy (non-hydrogen) atoms. The van der Waals surface area contributed by atoms with Gasteiger partial charge in [-0.3, -0.25) is 9.10 Å². The van der Waals surface area contributed by atoms with E-state index in [1.54, 1.807) is 31.2 Å². The molecule has 0 radical (unpaired) electrons. The molecule has 0 aliphatic heterocycles. The minimum atomic E-state index is -3.56. The first kappa shape index (κ1) is 16.2. The lowest BCUT2D eigenvalue weighted by atomic mass is 10.2. The smallest absolute Gasteiger partial charge is 0.243 e. The van der Waals surface area contributed by atoms with E-state index >= 15 is 0 Å². The van der Waals surface area contributed by atoms with Gasteiger partial charge < -0.3 is 5.32 Å². The molecule has 1 atom stereocenters. The third kappa shape index (κ3) is 4.09. The Kier molecular flexibility index (Phi) is 5.33. The van der Waals surface area contributed by atoms with Gasteiger partial charge in [0, 0.05) is 6.54 Å². The molecule has 1 aromatic carbocycles. The molecule has 0 aliphatic carbocycles. The summed E-state index contributed by atoms with van der Waals surface area (Å²) in [4.78, 5) is 12.0. The molecular formula is C14H20N2O3S. The zero-order chi connectivity index (χ0) is 15.3. The molecule has 6 heteroatoms. The van der Waals surface area contributed by atoms with Crippen LogP contribution in [0.4, 0.5) is 5.69 Å². The first-order chi connectivity index (χ1) is 9.27. The number of rotatable bonds is 6. The molecule has 1 rings (SSSR count). The lowest BCUT2D eigenvalue weighted by Gasteiger charge is -2.28. The van der Waals surface area contributed by atoms with E-state index in [9.17, 15) is 13.2 Å². The molecule has 0 aliphatic rings. The molecule has 110 valence electrons. The predicted molar refractivity (Wildman–Crippen MR) is 81.2 cm³/mol. The summed E-state index contributed by atoms with van der Waals surface area (Å²) in [5.74, 6) is -0.364. The molecule has 0 spiro atoms. The van der Waals surface area contributed by atoms with E-state index in [-0.39, 0.29) is 5.91 Å². The van der Waals surface area contributed by atoms with E-state index in [1.807, 2.05) is 13.0 Å². The van der Waals surface area contributed by atoms with Crippen molar-refractivity contribution in [1.29, 1.82) is 0 Å². The Labute approximate surface area is 120 Å². The third-order valence-electron chi connectivity index (χ3n) is 2.77. The zero-order valence-electron chi connectivity index (χ0n) is 12.0. The van der Waals surface area contributed by atoms with Gasteiger partial charge in [0.15, 0.2) is 0 Å². The van der Waals surface area contributed by atoms with Crippen molar-refractivity contribution in [1.82, 2.24) is 5.32 Å². The van der Waals surface area contributed by atoms with Gasteiger partial charge in [0.2, 0.25) is 15.9 Å². The average molecular weight is 296 g/mol. The van der Waals surface area contributed by atoms with Crippen LogP contribution >= 0.6 is 0 Å².